The van der Waals surface area contributed by atoms with E-state index in [9.17, 15) is 13.5 Å². The maximum atomic E-state index is 11.4. The number of nitrogens with two attached hydrogens (primary N) is 1. The van der Waals surface area contributed by atoms with Crippen LogP contribution in [0.15, 0.2) is 65.9 Å². The van der Waals surface area contributed by atoms with E-state index in [-0.39, 0.29) is 22.0 Å². The summed E-state index contributed by atoms with van der Waals surface area (Å²) in [6.07, 6.45) is 0. The monoisotopic (exact) mass is 543 g/mol. The summed E-state index contributed by atoms with van der Waals surface area (Å²) in [5, 5.41) is 41.3. The van der Waals surface area contributed by atoms with Crippen LogP contribution in [0.1, 0.15) is 17.2 Å². The van der Waals surface area contributed by atoms with E-state index < -0.39 is 10.0 Å². The molecule has 0 aliphatic rings. The zero-order chi connectivity index (χ0) is 25.9. The molecule has 14 nitrogen and oxygen atoms in total. The highest BCUT2D eigenvalue weighted by atomic mass is 32.2. The van der Waals surface area contributed by atoms with Crippen LogP contribution in [-0.2, 0) is 10.0 Å². The topological polar surface area (TPSA) is 206 Å². The van der Waals surface area contributed by atoms with Gasteiger partial charge in [-0.3, -0.25) is 0 Å². The van der Waals surface area contributed by atoms with E-state index in [2.05, 4.69) is 49.4 Å². The quantitative estimate of drug-likeness (QED) is 0.269. The third kappa shape index (κ3) is 6.00. The summed E-state index contributed by atoms with van der Waals surface area (Å²) in [7, 11) is -3.84. The van der Waals surface area contributed by atoms with Gasteiger partial charge in [0, 0.05) is 28.6 Å². The molecule has 0 spiro atoms. The Hall–Kier alpha value is -3.93. The third-order valence-corrected chi connectivity index (χ3v) is 6.74. The molecule has 3 N–H and O–H groups in total. The van der Waals surface area contributed by atoms with Gasteiger partial charge in [0.2, 0.25) is 20.3 Å². The number of rotatable bonds is 7. The van der Waals surface area contributed by atoms with Crippen molar-refractivity contribution in [3.63, 3.8) is 0 Å². The highest BCUT2D eigenvalue weighted by molar-refractivity contribution is 7.89. The van der Waals surface area contributed by atoms with Gasteiger partial charge in [0.05, 0.1) is 16.3 Å². The smallest absolute Gasteiger partial charge is 0.249 e. The number of aryl methyl sites for hydroxylation is 2. The summed E-state index contributed by atoms with van der Waals surface area (Å²) in [6, 6.07) is 6.91. The van der Waals surface area contributed by atoms with E-state index in [1.807, 2.05) is 0 Å². The first-order valence-corrected chi connectivity index (χ1v) is 13.0. The fourth-order valence-electron chi connectivity index (χ4n) is 2.69. The minimum atomic E-state index is -3.84. The Kier molecular flexibility index (Phi) is 7.25. The molecule has 0 aliphatic carbocycles. The molecule has 0 bridgehead atoms. The molecule has 0 radical (unpaired) electrons. The summed E-state index contributed by atoms with van der Waals surface area (Å²) in [6.45, 7) is 5.15. The molecule has 0 saturated heterocycles. The van der Waals surface area contributed by atoms with Gasteiger partial charge in [-0.15, -0.1) is 25.6 Å². The minimum absolute atomic E-state index is 0.0286. The van der Waals surface area contributed by atoms with Gasteiger partial charge in [-0.2, -0.15) is 13.9 Å². The first-order valence-electron chi connectivity index (χ1n) is 9.95. The first kappa shape index (κ1) is 25.2. The lowest BCUT2D eigenvalue weighted by Gasteiger charge is -2.08. The van der Waals surface area contributed by atoms with Crippen LogP contribution in [-0.4, -0.2) is 32.2 Å². The van der Waals surface area contributed by atoms with E-state index in [1.54, 1.807) is 20.8 Å². The average Bonchev–Trinajstić information content (AvgIpc) is 3.45. The Morgan fingerprint density at radius 2 is 1.36 bits per heavy atom. The molecule has 36 heavy (non-hydrogen) atoms. The molecule has 4 rings (SSSR count). The zero-order valence-electron chi connectivity index (χ0n) is 18.9. The van der Waals surface area contributed by atoms with Crippen molar-refractivity contribution in [1.29, 1.82) is 0 Å². The minimum Gasteiger partial charge on any atom is -0.504 e. The number of phenols is 1. The number of hydrogen-bond donors (Lipinski definition) is 2. The second-order valence-corrected chi connectivity index (χ2v) is 10.1. The summed E-state index contributed by atoms with van der Waals surface area (Å²) >= 11 is 2.14. The Morgan fingerprint density at radius 3 is 1.89 bits per heavy atom. The molecule has 4 aromatic rings. The van der Waals surface area contributed by atoms with Crippen LogP contribution < -0.4 is 5.14 Å². The van der Waals surface area contributed by atoms with Crippen LogP contribution in [0.2, 0.25) is 0 Å². The number of benzene rings is 2. The van der Waals surface area contributed by atoms with E-state index in [4.69, 9.17) is 5.14 Å². The van der Waals surface area contributed by atoms with Crippen LogP contribution in [0, 0.1) is 20.8 Å². The van der Waals surface area contributed by atoms with E-state index in [0.717, 1.165) is 23.1 Å². The zero-order valence-corrected chi connectivity index (χ0v) is 21.4. The molecule has 2 heterocycles. The summed E-state index contributed by atoms with van der Waals surface area (Å²) in [5.74, 6) is 0.821. The maximum absolute atomic E-state index is 11.4. The Bertz CT molecular complexity index is 1610. The Labute approximate surface area is 212 Å². The summed E-state index contributed by atoms with van der Waals surface area (Å²) in [4.78, 5) is 8.20. The SMILES string of the molecule is Cc1nsc(N=Nc2cc(N=Nc3ccc(S(N)(=O)=O)cc3)c(O)c(N=Nc3nc(C)ns3)c2C)n1. The number of aromatic nitrogens is 4. The van der Waals surface area contributed by atoms with Crippen molar-refractivity contribution in [2.24, 2.45) is 35.8 Å². The van der Waals surface area contributed by atoms with Crippen molar-refractivity contribution in [2.45, 2.75) is 25.7 Å². The highest BCUT2D eigenvalue weighted by Gasteiger charge is 2.16. The second kappa shape index (κ2) is 10.4. The number of hydrogen-bond acceptors (Lipinski definition) is 15. The van der Waals surface area contributed by atoms with Gasteiger partial charge in [-0.05, 0) is 51.1 Å². The predicted octanol–water partition coefficient (Wildman–Crippen LogP) is 5.91. The summed E-state index contributed by atoms with van der Waals surface area (Å²) < 4.78 is 31.0. The third-order valence-electron chi connectivity index (χ3n) is 4.43. The van der Waals surface area contributed by atoms with Gasteiger partial charge in [0.25, 0.3) is 0 Å². The Morgan fingerprint density at radius 1 is 0.806 bits per heavy atom. The molecular formula is C19H17N11O3S3. The summed E-state index contributed by atoms with van der Waals surface area (Å²) in [5.41, 5.74) is 1.25. The molecule has 0 atom stereocenters. The number of sulfonamides is 1. The van der Waals surface area contributed by atoms with Gasteiger partial charge in [0.1, 0.15) is 23.0 Å². The van der Waals surface area contributed by atoms with E-state index in [1.165, 1.54) is 30.3 Å². The van der Waals surface area contributed by atoms with E-state index >= 15 is 0 Å². The van der Waals surface area contributed by atoms with Crippen LogP contribution in [0.25, 0.3) is 0 Å². The van der Waals surface area contributed by atoms with Crippen LogP contribution in [0.4, 0.5) is 33.0 Å². The average molecular weight is 544 g/mol. The standard InChI is InChI=1S/C19H17N11O3S3/c1-9-14(24-27-18-21-10(2)29-34-18)8-15(17(31)16(9)26-28-19-22-11(3)30-35-19)25-23-12-4-6-13(7-5-12)36(20,32)33/h4-8,31H,1-3H3,(H2,20,32,33). The van der Waals surface area contributed by atoms with Crippen molar-refractivity contribution < 1.29 is 13.5 Å². The van der Waals surface area contributed by atoms with Crippen molar-refractivity contribution in [2.75, 3.05) is 0 Å². The van der Waals surface area contributed by atoms with Crippen molar-refractivity contribution >= 4 is 66.1 Å². The number of phenolic OH excluding ortho intramolecular Hbond substituents is 1. The second-order valence-electron chi connectivity index (χ2n) is 7.12. The van der Waals surface area contributed by atoms with Crippen molar-refractivity contribution in [3.05, 3.63) is 47.5 Å². The molecule has 17 heteroatoms. The molecule has 0 saturated carbocycles. The van der Waals surface area contributed by atoms with Gasteiger partial charge >= 0.3 is 0 Å². The molecule has 0 fully saturated rings. The molecule has 0 aliphatic heterocycles. The largest absolute Gasteiger partial charge is 0.504 e. The van der Waals surface area contributed by atoms with Gasteiger partial charge in [-0.1, -0.05) is 0 Å². The lowest BCUT2D eigenvalue weighted by atomic mass is 10.1. The van der Waals surface area contributed by atoms with Gasteiger partial charge in [-0.25, -0.2) is 23.5 Å². The molecular weight excluding hydrogens is 526 g/mol. The van der Waals surface area contributed by atoms with Gasteiger partial charge < -0.3 is 5.11 Å². The first-order chi connectivity index (χ1) is 17.1. The molecule has 2 aromatic carbocycles. The van der Waals surface area contributed by atoms with Crippen molar-refractivity contribution in [3.8, 4) is 5.75 Å². The Balaban J connectivity index is 1.74. The van der Waals surface area contributed by atoms with Crippen molar-refractivity contribution in [1.82, 2.24) is 18.7 Å². The molecule has 0 amide bonds. The van der Waals surface area contributed by atoms with Crippen LogP contribution >= 0.6 is 23.1 Å². The lowest BCUT2D eigenvalue weighted by Crippen LogP contribution is -2.11. The van der Waals surface area contributed by atoms with E-state index in [0.29, 0.717) is 38.9 Å². The number of nitrogens with zero attached hydrogens (tertiary/aromatic N) is 10. The normalized spacial score (nSPS) is 12.4. The lowest BCUT2D eigenvalue weighted by molar-refractivity contribution is 0.477. The van der Waals surface area contributed by atoms with Crippen LogP contribution in [0.5, 0.6) is 5.75 Å². The molecule has 184 valence electrons. The fourth-order valence-corrected chi connectivity index (χ4v) is 4.21. The molecule has 2 aromatic heterocycles. The predicted molar refractivity (Wildman–Crippen MR) is 132 cm³/mol. The van der Waals surface area contributed by atoms with Crippen LogP contribution in [0.3, 0.4) is 0 Å². The molecule has 0 unspecified atom stereocenters. The number of aromatic hydroxyl groups is 1. The maximum Gasteiger partial charge on any atom is 0.249 e. The highest BCUT2D eigenvalue weighted by Crippen LogP contribution is 2.45. The fraction of sp³-hybridized carbons (Fsp3) is 0.158. The number of primary sulfonamides is 1. The number of azo groups is 3. The van der Waals surface area contributed by atoms with Gasteiger partial charge in [0.15, 0.2) is 5.75 Å².